The number of anilines is 2. The quantitative estimate of drug-likeness (QED) is 0.668. The minimum absolute atomic E-state index is 0. The minimum atomic E-state index is -0.682. The zero-order valence-electron chi connectivity index (χ0n) is 12.6. The summed E-state index contributed by atoms with van der Waals surface area (Å²) in [4.78, 5) is 23.2. The molecule has 1 heterocycles. The molecule has 1 aromatic carbocycles. The van der Waals surface area contributed by atoms with Crippen molar-refractivity contribution in [2.75, 3.05) is 17.2 Å². The maximum atomic E-state index is 12.2. The average Bonchev–Trinajstić information content (AvgIpc) is 2.46. The van der Waals surface area contributed by atoms with E-state index in [2.05, 4.69) is 16.0 Å². The molecule has 0 fully saturated rings. The van der Waals surface area contributed by atoms with E-state index in [0.29, 0.717) is 6.42 Å². The number of fused-ring (bicyclic) bond motifs is 1. The second-order valence-corrected chi connectivity index (χ2v) is 5.24. The molecular weight excluding hydrogens is 304 g/mol. The van der Waals surface area contributed by atoms with E-state index in [1.54, 1.807) is 0 Å². The number of halogens is 1. The van der Waals surface area contributed by atoms with Gasteiger partial charge in [-0.3, -0.25) is 4.79 Å². The molecule has 6 nitrogen and oxygen atoms in total. The molecule has 22 heavy (non-hydrogen) atoms. The summed E-state index contributed by atoms with van der Waals surface area (Å²) in [6.45, 7) is 2.94. The largest absolute Gasteiger partial charge is 0.385 e. The highest BCUT2D eigenvalue weighted by atomic mass is 35.5. The first-order valence-corrected chi connectivity index (χ1v) is 7.33. The molecule has 0 saturated heterocycles. The third-order valence-electron chi connectivity index (χ3n) is 3.52. The van der Waals surface area contributed by atoms with Crippen LogP contribution in [0.4, 0.5) is 16.2 Å². The lowest BCUT2D eigenvalue weighted by atomic mass is 10.0. The number of nitrogens with two attached hydrogens (primary N) is 1. The molecule has 1 aliphatic heterocycles. The second-order valence-electron chi connectivity index (χ2n) is 5.24. The molecule has 0 radical (unpaired) electrons. The Balaban J connectivity index is 0.00000242. The van der Waals surface area contributed by atoms with Gasteiger partial charge in [-0.2, -0.15) is 0 Å². The number of rotatable bonds is 5. The zero-order valence-corrected chi connectivity index (χ0v) is 13.5. The van der Waals surface area contributed by atoms with Crippen LogP contribution in [-0.2, 0) is 11.2 Å². The van der Waals surface area contributed by atoms with Crippen LogP contribution in [0.5, 0.6) is 0 Å². The fraction of sp³-hybridized carbons (Fsp3) is 0.467. The molecule has 3 amide bonds. The second kappa shape index (κ2) is 8.48. The van der Waals surface area contributed by atoms with Crippen molar-refractivity contribution in [2.45, 2.75) is 38.6 Å². The fourth-order valence-corrected chi connectivity index (χ4v) is 2.51. The number of benzene rings is 1. The van der Waals surface area contributed by atoms with Crippen molar-refractivity contribution in [1.82, 2.24) is 5.32 Å². The number of carbonyl (C=O) groups is 2. The number of urea groups is 1. The molecule has 7 heteroatoms. The highest BCUT2D eigenvalue weighted by molar-refractivity contribution is 5.97. The normalized spacial score (nSPS) is 13.9. The van der Waals surface area contributed by atoms with Gasteiger partial charge < -0.3 is 21.7 Å². The van der Waals surface area contributed by atoms with Gasteiger partial charge >= 0.3 is 6.03 Å². The number of amides is 3. The highest BCUT2D eigenvalue weighted by Crippen LogP contribution is 2.25. The number of hydrogen-bond donors (Lipinski definition) is 4. The number of primary amides is 1. The smallest absolute Gasteiger partial charge is 0.312 e. The third kappa shape index (κ3) is 4.80. The summed E-state index contributed by atoms with van der Waals surface area (Å²) in [6.07, 6.45) is 3.43. The molecule has 0 aliphatic carbocycles. The van der Waals surface area contributed by atoms with E-state index < -0.39 is 12.1 Å². The van der Waals surface area contributed by atoms with Crippen LogP contribution in [0.3, 0.4) is 0 Å². The summed E-state index contributed by atoms with van der Waals surface area (Å²) in [5, 5.41) is 8.65. The molecule has 1 aromatic rings. The third-order valence-corrected chi connectivity index (χ3v) is 3.52. The van der Waals surface area contributed by atoms with Gasteiger partial charge in [0.05, 0.1) is 0 Å². The topological polar surface area (TPSA) is 96.2 Å². The SMILES string of the molecule is CCC[C@@H](NC(N)=O)C(=O)Nc1ccc2c(c1)CCCN2.Cl. The predicted molar refractivity (Wildman–Crippen MR) is 90.5 cm³/mol. The van der Waals surface area contributed by atoms with E-state index >= 15 is 0 Å². The summed E-state index contributed by atoms with van der Waals surface area (Å²) in [5.41, 5.74) is 8.18. The first-order valence-electron chi connectivity index (χ1n) is 7.33. The van der Waals surface area contributed by atoms with Crippen molar-refractivity contribution < 1.29 is 9.59 Å². The van der Waals surface area contributed by atoms with E-state index in [0.717, 1.165) is 37.2 Å². The standard InChI is InChI=1S/C15H22N4O2.ClH/c1-2-4-13(19-15(16)21)14(20)18-11-6-7-12-10(9-11)5-3-8-17-12;/h6-7,9,13,17H,2-5,8H2,1H3,(H,18,20)(H3,16,19,21);1H/t13-;/m1./s1. The van der Waals surface area contributed by atoms with Gasteiger partial charge in [0, 0.05) is 17.9 Å². The Bertz CT molecular complexity index is 536. The van der Waals surface area contributed by atoms with Crippen LogP contribution in [0.15, 0.2) is 18.2 Å². The van der Waals surface area contributed by atoms with Gasteiger partial charge in [0.1, 0.15) is 6.04 Å². The number of nitrogens with one attached hydrogen (secondary N) is 3. The lowest BCUT2D eigenvalue weighted by Crippen LogP contribution is -2.46. The Labute approximate surface area is 136 Å². The Morgan fingerprint density at radius 3 is 2.86 bits per heavy atom. The van der Waals surface area contributed by atoms with Gasteiger partial charge in [-0.05, 0) is 43.0 Å². The van der Waals surface area contributed by atoms with E-state index in [4.69, 9.17) is 5.73 Å². The van der Waals surface area contributed by atoms with Crippen molar-refractivity contribution in [3.63, 3.8) is 0 Å². The van der Waals surface area contributed by atoms with Crippen molar-refractivity contribution >= 4 is 35.7 Å². The Hall–Kier alpha value is -1.95. The monoisotopic (exact) mass is 326 g/mol. The summed E-state index contributed by atoms with van der Waals surface area (Å²) < 4.78 is 0. The van der Waals surface area contributed by atoms with Crippen LogP contribution in [-0.4, -0.2) is 24.5 Å². The molecular formula is C15H23ClN4O2. The molecule has 0 spiro atoms. The van der Waals surface area contributed by atoms with E-state index in [9.17, 15) is 9.59 Å². The van der Waals surface area contributed by atoms with Gasteiger partial charge in [0.2, 0.25) is 5.91 Å². The summed E-state index contributed by atoms with van der Waals surface area (Å²) in [6, 6.07) is 4.54. The van der Waals surface area contributed by atoms with Crippen molar-refractivity contribution in [3.05, 3.63) is 23.8 Å². The van der Waals surface area contributed by atoms with Gasteiger partial charge in [-0.15, -0.1) is 12.4 Å². The molecule has 5 N–H and O–H groups in total. The first-order chi connectivity index (χ1) is 10.1. The molecule has 122 valence electrons. The van der Waals surface area contributed by atoms with Crippen molar-refractivity contribution in [3.8, 4) is 0 Å². The van der Waals surface area contributed by atoms with Crippen LogP contribution < -0.4 is 21.7 Å². The number of aryl methyl sites for hydroxylation is 1. The van der Waals surface area contributed by atoms with Gasteiger partial charge in [0.15, 0.2) is 0 Å². The Morgan fingerprint density at radius 1 is 1.41 bits per heavy atom. The van der Waals surface area contributed by atoms with Crippen LogP contribution in [0.1, 0.15) is 31.7 Å². The maximum Gasteiger partial charge on any atom is 0.312 e. The maximum absolute atomic E-state index is 12.2. The molecule has 1 aliphatic rings. The van der Waals surface area contributed by atoms with Crippen molar-refractivity contribution in [2.24, 2.45) is 5.73 Å². The molecule has 0 bridgehead atoms. The zero-order chi connectivity index (χ0) is 15.2. The minimum Gasteiger partial charge on any atom is -0.385 e. The first kappa shape index (κ1) is 18.1. The van der Waals surface area contributed by atoms with Crippen LogP contribution in [0.25, 0.3) is 0 Å². The van der Waals surface area contributed by atoms with E-state index in [-0.39, 0.29) is 18.3 Å². The van der Waals surface area contributed by atoms with Crippen LogP contribution in [0.2, 0.25) is 0 Å². The van der Waals surface area contributed by atoms with Gasteiger partial charge in [-0.1, -0.05) is 13.3 Å². The summed E-state index contributed by atoms with van der Waals surface area (Å²) in [7, 11) is 0. The molecule has 2 rings (SSSR count). The van der Waals surface area contributed by atoms with Crippen LogP contribution >= 0.6 is 12.4 Å². The average molecular weight is 327 g/mol. The Kier molecular flexibility index (Phi) is 6.98. The highest BCUT2D eigenvalue weighted by Gasteiger charge is 2.19. The molecule has 0 saturated carbocycles. The van der Waals surface area contributed by atoms with Gasteiger partial charge in [0.25, 0.3) is 0 Å². The Morgan fingerprint density at radius 2 is 2.18 bits per heavy atom. The number of carbonyl (C=O) groups excluding carboxylic acids is 2. The predicted octanol–water partition coefficient (Wildman–Crippen LogP) is 2.24. The fourth-order valence-electron chi connectivity index (χ4n) is 2.51. The molecule has 0 unspecified atom stereocenters. The molecule has 0 aromatic heterocycles. The lowest BCUT2D eigenvalue weighted by molar-refractivity contribution is -0.118. The summed E-state index contributed by atoms with van der Waals surface area (Å²) >= 11 is 0. The molecule has 1 atom stereocenters. The lowest BCUT2D eigenvalue weighted by Gasteiger charge is -2.20. The van der Waals surface area contributed by atoms with Crippen molar-refractivity contribution in [1.29, 1.82) is 0 Å². The van der Waals surface area contributed by atoms with E-state index in [1.807, 2.05) is 25.1 Å². The van der Waals surface area contributed by atoms with E-state index in [1.165, 1.54) is 5.56 Å². The van der Waals surface area contributed by atoms with Gasteiger partial charge in [-0.25, -0.2) is 4.79 Å². The van der Waals surface area contributed by atoms with Crippen LogP contribution in [0, 0.1) is 0 Å². The number of hydrogen-bond acceptors (Lipinski definition) is 3. The summed E-state index contributed by atoms with van der Waals surface area (Å²) in [5.74, 6) is -0.237.